The number of benzene rings is 1. The smallest absolute Gasteiger partial charge is 0.344 e. The van der Waals surface area contributed by atoms with Gasteiger partial charge in [-0.2, -0.15) is 0 Å². The van der Waals surface area contributed by atoms with E-state index in [4.69, 9.17) is 9.47 Å². The number of rotatable bonds is 6. The number of hydrogen-bond acceptors (Lipinski definition) is 5. The Morgan fingerprint density at radius 3 is 2.37 bits per heavy atom. The van der Waals surface area contributed by atoms with Crippen molar-refractivity contribution in [3.05, 3.63) is 29.3 Å². The number of imide groups is 1. The van der Waals surface area contributed by atoms with Gasteiger partial charge in [-0.25, -0.2) is 9.59 Å². The molecular weight excluding hydrogens is 348 g/mol. The summed E-state index contributed by atoms with van der Waals surface area (Å²) in [5.74, 6) is -0.393. The lowest BCUT2D eigenvalue weighted by atomic mass is 9.86. The molecule has 1 aliphatic rings. The number of nitrogens with one attached hydrogen (secondary N) is 2. The van der Waals surface area contributed by atoms with Gasteiger partial charge in [-0.3, -0.25) is 10.1 Å². The van der Waals surface area contributed by atoms with Gasteiger partial charge in [0.25, 0.3) is 5.91 Å². The van der Waals surface area contributed by atoms with E-state index >= 15 is 0 Å². The van der Waals surface area contributed by atoms with E-state index in [0.29, 0.717) is 11.7 Å². The zero-order chi connectivity index (χ0) is 19.8. The van der Waals surface area contributed by atoms with Crippen LogP contribution in [-0.2, 0) is 14.3 Å². The lowest BCUT2D eigenvalue weighted by molar-refractivity contribution is -0.150. The first kappa shape index (κ1) is 20.7. The molecule has 1 saturated carbocycles. The van der Waals surface area contributed by atoms with E-state index in [9.17, 15) is 14.4 Å². The van der Waals surface area contributed by atoms with Crippen molar-refractivity contribution < 1.29 is 23.9 Å². The normalized spacial score (nSPS) is 19.1. The summed E-state index contributed by atoms with van der Waals surface area (Å²) in [6.45, 7) is 5.12. The molecule has 0 bridgehead atoms. The molecule has 27 heavy (non-hydrogen) atoms. The highest BCUT2D eigenvalue weighted by Crippen LogP contribution is 2.23. The van der Waals surface area contributed by atoms with Crippen molar-refractivity contribution in [2.24, 2.45) is 5.92 Å². The third kappa shape index (κ3) is 7.29. The minimum Gasteiger partial charge on any atom is -0.482 e. The van der Waals surface area contributed by atoms with Crippen LogP contribution in [0, 0.1) is 19.8 Å². The largest absolute Gasteiger partial charge is 0.482 e. The molecule has 148 valence electrons. The van der Waals surface area contributed by atoms with Crippen LogP contribution in [0.5, 0.6) is 5.75 Å². The SMILES string of the molecule is Cc1cc(C)cc(OCC(=O)OCC(=O)NC(=O)NC2CCCCC2C)c1. The van der Waals surface area contributed by atoms with Crippen molar-refractivity contribution >= 4 is 17.9 Å². The van der Waals surface area contributed by atoms with Crippen LogP contribution in [0.1, 0.15) is 43.7 Å². The highest BCUT2D eigenvalue weighted by molar-refractivity contribution is 5.95. The maximum absolute atomic E-state index is 11.9. The Kier molecular flexibility index (Phi) is 7.64. The second kappa shape index (κ2) is 9.94. The quantitative estimate of drug-likeness (QED) is 0.745. The summed E-state index contributed by atoms with van der Waals surface area (Å²) < 4.78 is 10.2. The van der Waals surface area contributed by atoms with Crippen LogP contribution in [0.25, 0.3) is 0 Å². The number of esters is 1. The van der Waals surface area contributed by atoms with E-state index in [-0.39, 0.29) is 12.6 Å². The molecule has 0 saturated heterocycles. The minimum absolute atomic E-state index is 0.0697. The summed E-state index contributed by atoms with van der Waals surface area (Å²) in [7, 11) is 0. The number of carbonyl (C=O) groups is 3. The van der Waals surface area contributed by atoms with Crippen molar-refractivity contribution in [2.45, 2.75) is 52.5 Å². The van der Waals surface area contributed by atoms with Crippen molar-refractivity contribution in [2.75, 3.05) is 13.2 Å². The molecule has 0 aliphatic heterocycles. The molecular formula is C20H28N2O5. The number of amides is 3. The van der Waals surface area contributed by atoms with Crippen molar-refractivity contribution in [1.82, 2.24) is 10.6 Å². The Morgan fingerprint density at radius 1 is 1.04 bits per heavy atom. The molecule has 2 unspecified atom stereocenters. The summed E-state index contributed by atoms with van der Waals surface area (Å²) in [6.07, 6.45) is 4.21. The Bertz CT molecular complexity index is 669. The van der Waals surface area contributed by atoms with E-state index in [2.05, 4.69) is 17.6 Å². The number of carbonyl (C=O) groups excluding carboxylic acids is 3. The first-order valence-corrected chi connectivity index (χ1v) is 9.30. The lowest BCUT2D eigenvalue weighted by Gasteiger charge is -2.29. The Hall–Kier alpha value is -2.57. The van der Waals surface area contributed by atoms with E-state index in [1.807, 2.05) is 32.0 Å². The molecule has 0 heterocycles. The van der Waals surface area contributed by atoms with Crippen LogP contribution < -0.4 is 15.4 Å². The minimum atomic E-state index is -0.675. The lowest BCUT2D eigenvalue weighted by Crippen LogP contribution is -2.48. The van der Waals surface area contributed by atoms with Gasteiger partial charge in [0.2, 0.25) is 0 Å². The fourth-order valence-electron chi connectivity index (χ4n) is 3.24. The van der Waals surface area contributed by atoms with E-state index in [1.165, 1.54) is 6.42 Å². The molecule has 1 aromatic rings. The molecule has 1 aliphatic carbocycles. The molecule has 3 amide bonds. The van der Waals surface area contributed by atoms with Gasteiger partial charge in [-0.15, -0.1) is 0 Å². The molecule has 2 N–H and O–H groups in total. The van der Waals surface area contributed by atoms with Crippen LogP contribution in [0.4, 0.5) is 4.79 Å². The predicted molar refractivity (Wildman–Crippen MR) is 100 cm³/mol. The van der Waals surface area contributed by atoms with Crippen LogP contribution >= 0.6 is 0 Å². The maximum Gasteiger partial charge on any atom is 0.344 e. The van der Waals surface area contributed by atoms with Gasteiger partial charge in [-0.05, 0) is 55.9 Å². The third-order valence-electron chi connectivity index (χ3n) is 4.60. The summed E-state index contributed by atoms with van der Waals surface area (Å²) >= 11 is 0. The predicted octanol–water partition coefficient (Wildman–Crippen LogP) is 2.63. The summed E-state index contributed by atoms with van der Waals surface area (Å²) in [5, 5.41) is 4.99. The van der Waals surface area contributed by atoms with Gasteiger partial charge in [-0.1, -0.05) is 25.8 Å². The molecule has 1 fully saturated rings. The fraction of sp³-hybridized carbons (Fsp3) is 0.550. The molecule has 0 radical (unpaired) electrons. The van der Waals surface area contributed by atoms with Gasteiger partial charge in [0.05, 0.1) is 0 Å². The van der Waals surface area contributed by atoms with Crippen molar-refractivity contribution in [3.8, 4) is 5.75 Å². The molecule has 2 rings (SSSR count). The topological polar surface area (TPSA) is 93.7 Å². The number of aryl methyl sites for hydroxylation is 2. The molecule has 7 nitrogen and oxygen atoms in total. The summed E-state index contributed by atoms with van der Waals surface area (Å²) in [5.41, 5.74) is 2.05. The van der Waals surface area contributed by atoms with E-state index in [1.54, 1.807) is 0 Å². The first-order valence-electron chi connectivity index (χ1n) is 9.30. The Balaban J connectivity index is 1.66. The van der Waals surface area contributed by atoms with Crippen LogP contribution in [-0.4, -0.2) is 37.2 Å². The van der Waals surface area contributed by atoms with Gasteiger partial charge < -0.3 is 14.8 Å². The Morgan fingerprint density at radius 2 is 1.70 bits per heavy atom. The average Bonchev–Trinajstić information content (AvgIpc) is 2.59. The standard InChI is InChI=1S/C20H28N2O5/c1-13-8-14(2)10-16(9-13)26-12-19(24)27-11-18(23)22-20(25)21-17-7-5-4-6-15(17)3/h8-10,15,17H,4-7,11-12H2,1-3H3,(H2,21,22,23,25). The number of urea groups is 1. The monoisotopic (exact) mass is 376 g/mol. The zero-order valence-corrected chi connectivity index (χ0v) is 16.2. The van der Waals surface area contributed by atoms with Crippen molar-refractivity contribution in [1.29, 1.82) is 0 Å². The van der Waals surface area contributed by atoms with Crippen LogP contribution in [0.15, 0.2) is 18.2 Å². The average molecular weight is 376 g/mol. The summed E-state index contributed by atoms with van der Waals surface area (Å²) in [4.78, 5) is 35.3. The highest BCUT2D eigenvalue weighted by Gasteiger charge is 2.23. The van der Waals surface area contributed by atoms with Gasteiger partial charge in [0.1, 0.15) is 5.75 Å². The first-order chi connectivity index (χ1) is 12.8. The molecule has 2 atom stereocenters. The second-order valence-electron chi connectivity index (χ2n) is 7.16. The zero-order valence-electron chi connectivity index (χ0n) is 16.2. The highest BCUT2D eigenvalue weighted by atomic mass is 16.6. The van der Waals surface area contributed by atoms with Crippen molar-refractivity contribution in [3.63, 3.8) is 0 Å². The van der Waals surface area contributed by atoms with E-state index < -0.39 is 24.5 Å². The third-order valence-corrected chi connectivity index (χ3v) is 4.60. The molecule has 0 spiro atoms. The number of ether oxygens (including phenoxy) is 2. The van der Waals surface area contributed by atoms with Gasteiger partial charge in [0.15, 0.2) is 13.2 Å². The second-order valence-corrected chi connectivity index (χ2v) is 7.16. The Labute approximate surface area is 159 Å². The molecule has 7 heteroatoms. The van der Waals surface area contributed by atoms with Crippen LogP contribution in [0.2, 0.25) is 0 Å². The number of hydrogen-bond donors (Lipinski definition) is 2. The molecule has 0 aromatic heterocycles. The summed E-state index contributed by atoms with van der Waals surface area (Å²) in [6, 6.07) is 5.13. The molecule has 1 aromatic carbocycles. The fourth-order valence-corrected chi connectivity index (χ4v) is 3.24. The van der Waals surface area contributed by atoms with Gasteiger partial charge >= 0.3 is 12.0 Å². The van der Waals surface area contributed by atoms with E-state index in [0.717, 1.165) is 30.4 Å². The van der Waals surface area contributed by atoms with Gasteiger partial charge in [0, 0.05) is 6.04 Å². The van der Waals surface area contributed by atoms with Crippen LogP contribution in [0.3, 0.4) is 0 Å². The maximum atomic E-state index is 11.9.